The molecular formula is C37H50N6O5S. The number of rotatable bonds is 16. The van der Waals surface area contributed by atoms with Crippen LogP contribution in [0.1, 0.15) is 93.8 Å². The predicted octanol–water partition coefficient (Wildman–Crippen LogP) is 4.22. The maximum atomic E-state index is 14.1. The van der Waals surface area contributed by atoms with E-state index in [1.807, 2.05) is 36.4 Å². The van der Waals surface area contributed by atoms with Crippen LogP contribution in [0.3, 0.4) is 0 Å². The van der Waals surface area contributed by atoms with E-state index in [0.717, 1.165) is 58.6 Å². The molecule has 2 aromatic carbocycles. The molecule has 264 valence electrons. The standard InChI is InChI=1S/C37H50N6O5S/c1-3-23-16-17-27-31(21-23)49-33(40-27)22-29(39-32(44)4-2)36(46)43-34(24-11-5-6-12-24)37(47)42-28(14-9-10-19-38)35(45)41-26-18-20-48-30-15-8-7-13-25(26)30/h7-8,13,15-17,21,24,26,28-29,34H,3-6,9-12,14,18-20,22,38H2,1-2H3,(H,39,44)(H,41,45)(H,42,47)(H,43,46)/t26-,28+,29+,34+/m1/s1. The van der Waals surface area contributed by atoms with Gasteiger partial charge in [0.25, 0.3) is 0 Å². The van der Waals surface area contributed by atoms with Gasteiger partial charge in [-0.2, -0.15) is 0 Å². The number of fused-ring (bicyclic) bond motifs is 2. The Hall–Kier alpha value is -4.03. The summed E-state index contributed by atoms with van der Waals surface area (Å²) in [5, 5.41) is 12.7. The van der Waals surface area contributed by atoms with Crippen LogP contribution in [0.2, 0.25) is 0 Å². The van der Waals surface area contributed by atoms with Gasteiger partial charge in [0.1, 0.15) is 23.9 Å². The highest BCUT2D eigenvalue weighted by atomic mass is 32.1. The molecular weight excluding hydrogens is 641 g/mol. The van der Waals surface area contributed by atoms with E-state index < -0.39 is 29.9 Å². The molecule has 11 nitrogen and oxygen atoms in total. The number of ether oxygens (including phenoxy) is 1. The van der Waals surface area contributed by atoms with Gasteiger partial charge in [-0.1, -0.05) is 51.0 Å². The zero-order valence-electron chi connectivity index (χ0n) is 28.6. The van der Waals surface area contributed by atoms with Crippen LogP contribution in [0, 0.1) is 5.92 Å². The molecule has 6 N–H and O–H groups in total. The average Bonchev–Trinajstić information content (AvgIpc) is 3.79. The topological polar surface area (TPSA) is 165 Å². The minimum atomic E-state index is -0.910. The fourth-order valence-corrected chi connectivity index (χ4v) is 7.81. The summed E-state index contributed by atoms with van der Waals surface area (Å²) in [6.45, 7) is 4.79. The average molecular weight is 691 g/mol. The highest BCUT2D eigenvalue weighted by molar-refractivity contribution is 7.18. The van der Waals surface area contributed by atoms with E-state index in [1.165, 1.54) is 16.9 Å². The van der Waals surface area contributed by atoms with Crippen molar-refractivity contribution >= 4 is 45.2 Å². The van der Waals surface area contributed by atoms with Crippen molar-refractivity contribution in [3.05, 3.63) is 58.6 Å². The molecule has 4 amide bonds. The lowest BCUT2D eigenvalue weighted by molar-refractivity contribution is -0.135. The van der Waals surface area contributed by atoms with Gasteiger partial charge in [0.15, 0.2) is 0 Å². The molecule has 0 radical (unpaired) electrons. The Morgan fingerprint density at radius 3 is 2.49 bits per heavy atom. The van der Waals surface area contributed by atoms with Gasteiger partial charge in [0, 0.05) is 24.8 Å². The predicted molar refractivity (Wildman–Crippen MR) is 191 cm³/mol. The number of hydrogen-bond acceptors (Lipinski definition) is 8. The molecule has 1 saturated carbocycles. The number of nitrogens with zero attached hydrogens (tertiary/aromatic N) is 1. The van der Waals surface area contributed by atoms with Crippen molar-refractivity contribution in [2.24, 2.45) is 11.7 Å². The van der Waals surface area contributed by atoms with Gasteiger partial charge in [-0.05, 0) is 74.8 Å². The molecule has 49 heavy (non-hydrogen) atoms. The lowest BCUT2D eigenvalue weighted by Crippen LogP contribution is -2.59. The number of benzene rings is 2. The third-order valence-corrected chi connectivity index (χ3v) is 10.6. The van der Waals surface area contributed by atoms with E-state index in [-0.39, 0.29) is 36.6 Å². The number of carbonyl (C=O) groups excluding carboxylic acids is 4. The van der Waals surface area contributed by atoms with Crippen molar-refractivity contribution < 1.29 is 23.9 Å². The second-order valence-electron chi connectivity index (χ2n) is 13.1. The van der Waals surface area contributed by atoms with Gasteiger partial charge in [-0.25, -0.2) is 4.98 Å². The van der Waals surface area contributed by atoms with E-state index in [4.69, 9.17) is 15.5 Å². The normalized spacial score (nSPS) is 17.7. The summed E-state index contributed by atoms with van der Waals surface area (Å²) in [7, 11) is 0. The van der Waals surface area contributed by atoms with E-state index in [9.17, 15) is 19.2 Å². The molecule has 1 fully saturated rings. The fourth-order valence-electron chi connectivity index (χ4n) is 6.73. The molecule has 1 aromatic heterocycles. The van der Waals surface area contributed by atoms with Gasteiger partial charge in [0.2, 0.25) is 23.6 Å². The summed E-state index contributed by atoms with van der Waals surface area (Å²) >= 11 is 1.51. The van der Waals surface area contributed by atoms with Crippen LogP contribution in [0.4, 0.5) is 0 Å². The van der Waals surface area contributed by atoms with Crippen molar-refractivity contribution in [2.45, 2.75) is 109 Å². The van der Waals surface area contributed by atoms with Crippen LogP contribution in [-0.4, -0.2) is 59.9 Å². The lowest BCUT2D eigenvalue weighted by Gasteiger charge is -2.30. The van der Waals surface area contributed by atoms with Gasteiger partial charge in [-0.3, -0.25) is 19.2 Å². The number of aromatic nitrogens is 1. The molecule has 4 atom stereocenters. The summed E-state index contributed by atoms with van der Waals surface area (Å²) < 4.78 is 6.80. The number of thiazole rings is 1. The first kappa shape index (κ1) is 36.3. The second kappa shape index (κ2) is 17.6. The van der Waals surface area contributed by atoms with Gasteiger partial charge >= 0.3 is 0 Å². The zero-order chi connectivity index (χ0) is 34.8. The van der Waals surface area contributed by atoms with Crippen LogP contribution in [0.15, 0.2) is 42.5 Å². The van der Waals surface area contributed by atoms with Gasteiger partial charge in [0.05, 0.1) is 27.9 Å². The summed E-state index contributed by atoms with van der Waals surface area (Å²) in [4.78, 5) is 59.1. The molecule has 0 bridgehead atoms. The van der Waals surface area contributed by atoms with Crippen LogP contribution < -0.4 is 31.7 Å². The Labute approximate surface area is 292 Å². The van der Waals surface area contributed by atoms with E-state index in [0.29, 0.717) is 38.8 Å². The smallest absolute Gasteiger partial charge is 0.243 e. The second-order valence-corrected chi connectivity index (χ2v) is 14.2. The number of hydrogen-bond donors (Lipinski definition) is 5. The highest BCUT2D eigenvalue weighted by Crippen LogP contribution is 2.32. The largest absolute Gasteiger partial charge is 0.493 e. The minimum absolute atomic E-state index is 0.0866. The maximum absolute atomic E-state index is 14.1. The number of amides is 4. The Bertz CT molecular complexity index is 1600. The molecule has 5 rings (SSSR count). The molecule has 1 aliphatic heterocycles. The first-order valence-corrected chi connectivity index (χ1v) is 18.6. The van der Waals surface area contributed by atoms with Crippen LogP contribution in [-0.2, 0) is 32.0 Å². The molecule has 2 aliphatic rings. The van der Waals surface area contributed by atoms with Crippen molar-refractivity contribution in [1.29, 1.82) is 0 Å². The Morgan fingerprint density at radius 1 is 0.939 bits per heavy atom. The maximum Gasteiger partial charge on any atom is 0.243 e. The molecule has 0 saturated heterocycles. The molecule has 0 spiro atoms. The molecule has 1 aliphatic carbocycles. The lowest BCUT2D eigenvalue weighted by atomic mass is 9.95. The highest BCUT2D eigenvalue weighted by Gasteiger charge is 2.36. The monoisotopic (exact) mass is 690 g/mol. The van der Waals surface area contributed by atoms with Crippen molar-refractivity contribution in [3.8, 4) is 5.75 Å². The van der Waals surface area contributed by atoms with Crippen LogP contribution >= 0.6 is 11.3 Å². The Balaban J connectivity index is 1.32. The molecule has 2 heterocycles. The quantitative estimate of drug-likeness (QED) is 0.141. The molecule has 3 aromatic rings. The summed E-state index contributed by atoms with van der Waals surface area (Å²) in [6.07, 6.45) is 7.20. The van der Waals surface area contributed by atoms with E-state index in [1.54, 1.807) is 6.92 Å². The van der Waals surface area contributed by atoms with Gasteiger partial charge < -0.3 is 31.7 Å². The van der Waals surface area contributed by atoms with Gasteiger partial charge in [-0.15, -0.1) is 11.3 Å². The number of para-hydroxylation sites is 1. The third-order valence-electron chi connectivity index (χ3n) is 9.56. The van der Waals surface area contributed by atoms with Crippen LogP contribution in [0.25, 0.3) is 10.2 Å². The number of aryl methyl sites for hydroxylation is 1. The van der Waals surface area contributed by atoms with Crippen molar-refractivity contribution in [1.82, 2.24) is 26.3 Å². The van der Waals surface area contributed by atoms with Crippen molar-refractivity contribution in [3.63, 3.8) is 0 Å². The number of unbranched alkanes of at least 4 members (excludes halogenated alkanes) is 1. The van der Waals surface area contributed by atoms with Crippen LogP contribution in [0.5, 0.6) is 5.75 Å². The SMILES string of the molecule is CCC(=O)N[C@@H](Cc1nc2ccc(CC)cc2s1)C(=O)N[C@H](C(=O)N[C@@H](CCCCN)C(=O)N[C@@H]1CCOc2ccccc21)C1CCCC1. The summed E-state index contributed by atoms with van der Waals surface area (Å²) in [5.41, 5.74) is 8.72. The fraction of sp³-hybridized carbons (Fsp3) is 0.541. The zero-order valence-corrected chi connectivity index (χ0v) is 29.4. The number of nitrogens with one attached hydrogen (secondary N) is 4. The Kier molecular flexibility index (Phi) is 13.0. The number of carbonyl (C=O) groups is 4. The number of nitrogens with two attached hydrogens (primary N) is 1. The first-order chi connectivity index (χ1) is 23.8. The first-order valence-electron chi connectivity index (χ1n) is 17.8. The molecule has 0 unspecified atom stereocenters. The summed E-state index contributed by atoms with van der Waals surface area (Å²) in [5.74, 6) is -0.718. The minimum Gasteiger partial charge on any atom is -0.493 e. The molecule has 12 heteroatoms. The van der Waals surface area contributed by atoms with E-state index in [2.05, 4.69) is 34.3 Å². The van der Waals surface area contributed by atoms with E-state index >= 15 is 0 Å². The Morgan fingerprint density at radius 2 is 1.73 bits per heavy atom. The third kappa shape index (κ3) is 9.57. The summed E-state index contributed by atoms with van der Waals surface area (Å²) in [6, 6.07) is 11.0. The van der Waals surface area contributed by atoms with Crippen molar-refractivity contribution in [2.75, 3.05) is 13.2 Å².